The van der Waals surface area contributed by atoms with Crippen LogP contribution in [0.4, 0.5) is 13.2 Å². The van der Waals surface area contributed by atoms with E-state index >= 15 is 0 Å². The molecule has 6 heteroatoms. The first-order valence-electron chi connectivity index (χ1n) is 6.50. The molecule has 0 radical (unpaired) electrons. The molecular formula is C13H19F3N2O. The van der Waals surface area contributed by atoms with Gasteiger partial charge in [0.15, 0.2) is 0 Å². The lowest BCUT2D eigenvalue weighted by Crippen LogP contribution is -2.45. The molecule has 2 heterocycles. The van der Waals surface area contributed by atoms with Crippen LogP contribution < -0.4 is 5.32 Å². The second-order valence-corrected chi connectivity index (χ2v) is 5.06. The van der Waals surface area contributed by atoms with Crippen LogP contribution in [0.2, 0.25) is 0 Å². The average molecular weight is 276 g/mol. The minimum Gasteiger partial charge on any atom is -0.465 e. The van der Waals surface area contributed by atoms with E-state index in [4.69, 9.17) is 4.42 Å². The van der Waals surface area contributed by atoms with Gasteiger partial charge in [-0.05, 0) is 45.0 Å². The number of halogens is 3. The number of nitrogens with one attached hydrogen (secondary N) is 1. The predicted octanol–water partition coefficient (Wildman–Crippen LogP) is 2.70. The highest BCUT2D eigenvalue weighted by atomic mass is 19.4. The van der Waals surface area contributed by atoms with Crippen LogP contribution in [0.3, 0.4) is 0 Å². The molecule has 2 rings (SSSR count). The lowest BCUT2D eigenvalue weighted by molar-refractivity contribution is -0.148. The Morgan fingerprint density at radius 2 is 2.00 bits per heavy atom. The van der Waals surface area contributed by atoms with Crippen LogP contribution in [0.5, 0.6) is 0 Å². The van der Waals surface area contributed by atoms with Gasteiger partial charge in [-0.15, -0.1) is 0 Å². The molecule has 0 atom stereocenters. The lowest BCUT2D eigenvalue weighted by atomic mass is 10.1. The van der Waals surface area contributed by atoms with Gasteiger partial charge in [0.1, 0.15) is 11.5 Å². The molecule has 0 amide bonds. The second kappa shape index (κ2) is 5.96. The topological polar surface area (TPSA) is 28.4 Å². The lowest BCUT2D eigenvalue weighted by Gasteiger charge is -2.32. The molecule has 1 aromatic heterocycles. The van der Waals surface area contributed by atoms with Gasteiger partial charge in [-0.2, -0.15) is 13.2 Å². The highest BCUT2D eigenvalue weighted by molar-refractivity contribution is 5.05. The number of rotatable bonds is 4. The first kappa shape index (κ1) is 14.4. The number of aryl methyl sites for hydroxylation is 1. The van der Waals surface area contributed by atoms with Crippen molar-refractivity contribution in [3.63, 3.8) is 0 Å². The highest BCUT2D eigenvalue weighted by Crippen LogP contribution is 2.20. The van der Waals surface area contributed by atoms with Gasteiger partial charge in [-0.1, -0.05) is 0 Å². The Bertz CT molecular complexity index is 395. The molecule has 3 nitrogen and oxygen atoms in total. The van der Waals surface area contributed by atoms with Gasteiger partial charge in [-0.25, -0.2) is 0 Å². The predicted molar refractivity (Wildman–Crippen MR) is 65.8 cm³/mol. The van der Waals surface area contributed by atoms with E-state index in [1.165, 1.54) is 4.90 Å². The summed E-state index contributed by atoms with van der Waals surface area (Å²) in [5.41, 5.74) is 0. The van der Waals surface area contributed by atoms with Crippen molar-refractivity contribution in [2.45, 2.75) is 38.5 Å². The van der Waals surface area contributed by atoms with Gasteiger partial charge in [-0.3, -0.25) is 4.90 Å². The zero-order valence-corrected chi connectivity index (χ0v) is 11.0. The molecule has 1 aliphatic rings. The Morgan fingerprint density at radius 1 is 1.32 bits per heavy atom. The molecule has 19 heavy (non-hydrogen) atoms. The fourth-order valence-corrected chi connectivity index (χ4v) is 2.37. The van der Waals surface area contributed by atoms with Crippen LogP contribution in [0.1, 0.15) is 24.4 Å². The maximum Gasteiger partial charge on any atom is 0.401 e. The van der Waals surface area contributed by atoms with E-state index in [9.17, 15) is 13.2 Å². The largest absolute Gasteiger partial charge is 0.465 e. The van der Waals surface area contributed by atoms with E-state index in [0.29, 0.717) is 19.6 Å². The number of nitrogens with zero attached hydrogens (tertiary/aromatic N) is 1. The molecule has 0 saturated carbocycles. The number of alkyl halides is 3. The van der Waals surface area contributed by atoms with Gasteiger partial charge in [0.05, 0.1) is 13.1 Å². The van der Waals surface area contributed by atoms with Crippen molar-refractivity contribution >= 4 is 0 Å². The Morgan fingerprint density at radius 3 is 2.53 bits per heavy atom. The van der Waals surface area contributed by atoms with Crippen molar-refractivity contribution in [1.29, 1.82) is 0 Å². The van der Waals surface area contributed by atoms with E-state index in [1.807, 2.05) is 19.1 Å². The number of likely N-dealkylation sites (tertiary alicyclic amines) is 1. The minimum atomic E-state index is -4.09. The molecule has 1 N–H and O–H groups in total. The molecule has 0 bridgehead atoms. The summed E-state index contributed by atoms with van der Waals surface area (Å²) in [5, 5.41) is 3.33. The van der Waals surface area contributed by atoms with Crippen LogP contribution in [0.15, 0.2) is 16.5 Å². The van der Waals surface area contributed by atoms with Gasteiger partial charge in [0.25, 0.3) is 0 Å². The fourth-order valence-electron chi connectivity index (χ4n) is 2.37. The summed E-state index contributed by atoms with van der Waals surface area (Å²) < 4.78 is 42.2. The summed E-state index contributed by atoms with van der Waals surface area (Å²) in [5.74, 6) is 1.74. The summed E-state index contributed by atoms with van der Waals surface area (Å²) in [6.45, 7) is 2.72. The van der Waals surface area contributed by atoms with Crippen LogP contribution in [-0.2, 0) is 6.54 Å². The zero-order valence-electron chi connectivity index (χ0n) is 11.0. The third kappa shape index (κ3) is 4.87. The summed E-state index contributed by atoms with van der Waals surface area (Å²) in [6, 6.07) is 4.10. The van der Waals surface area contributed by atoms with E-state index in [1.54, 1.807) is 0 Å². The summed E-state index contributed by atoms with van der Waals surface area (Å²) >= 11 is 0. The number of hydrogen-bond acceptors (Lipinski definition) is 3. The van der Waals surface area contributed by atoms with Crippen LogP contribution in [-0.4, -0.2) is 36.8 Å². The molecule has 1 aromatic rings. The number of furan rings is 1. The van der Waals surface area contributed by atoms with Crippen molar-refractivity contribution in [3.05, 3.63) is 23.7 Å². The van der Waals surface area contributed by atoms with Crippen molar-refractivity contribution in [3.8, 4) is 0 Å². The van der Waals surface area contributed by atoms with E-state index < -0.39 is 12.7 Å². The Kier molecular flexibility index (Phi) is 4.52. The standard InChI is InChI=1S/C13H19F3N2O/c1-10-2-3-12(19-10)8-17-11-4-6-18(7-5-11)9-13(14,15)16/h2-3,11,17H,4-9H2,1H3. The third-order valence-corrected chi connectivity index (χ3v) is 3.35. The van der Waals surface area contributed by atoms with Crippen molar-refractivity contribution < 1.29 is 17.6 Å². The molecule has 0 spiro atoms. The van der Waals surface area contributed by atoms with E-state index in [2.05, 4.69) is 5.32 Å². The molecular weight excluding hydrogens is 257 g/mol. The van der Waals surface area contributed by atoms with E-state index in [-0.39, 0.29) is 6.04 Å². The maximum absolute atomic E-state index is 12.2. The second-order valence-electron chi connectivity index (χ2n) is 5.06. The van der Waals surface area contributed by atoms with Crippen LogP contribution >= 0.6 is 0 Å². The normalized spacial score (nSPS) is 18.9. The monoisotopic (exact) mass is 276 g/mol. The Labute approximate surface area is 110 Å². The fraction of sp³-hybridized carbons (Fsp3) is 0.692. The summed E-state index contributed by atoms with van der Waals surface area (Å²) in [6.07, 6.45) is -2.60. The van der Waals surface area contributed by atoms with E-state index in [0.717, 1.165) is 24.4 Å². The minimum absolute atomic E-state index is 0.273. The molecule has 0 aliphatic carbocycles. The van der Waals surface area contributed by atoms with Crippen LogP contribution in [0, 0.1) is 6.92 Å². The summed E-state index contributed by atoms with van der Waals surface area (Å²) in [7, 11) is 0. The van der Waals surface area contributed by atoms with Gasteiger partial charge in [0.2, 0.25) is 0 Å². The Hall–Kier alpha value is -1.01. The Balaban J connectivity index is 1.69. The number of hydrogen-bond donors (Lipinski definition) is 1. The molecule has 0 aromatic carbocycles. The average Bonchev–Trinajstić information content (AvgIpc) is 2.72. The van der Waals surface area contributed by atoms with Crippen molar-refractivity contribution in [1.82, 2.24) is 10.2 Å². The highest BCUT2D eigenvalue weighted by Gasteiger charge is 2.32. The van der Waals surface area contributed by atoms with Crippen molar-refractivity contribution in [2.75, 3.05) is 19.6 Å². The van der Waals surface area contributed by atoms with Gasteiger partial charge >= 0.3 is 6.18 Å². The van der Waals surface area contributed by atoms with Gasteiger partial charge < -0.3 is 9.73 Å². The van der Waals surface area contributed by atoms with Crippen molar-refractivity contribution in [2.24, 2.45) is 0 Å². The SMILES string of the molecule is Cc1ccc(CNC2CCN(CC(F)(F)F)CC2)o1. The number of piperidine rings is 1. The smallest absolute Gasteiger partial charge is 0.401 e. The van der Waals surface area contributed by atoms with Gasteiger partial charge in [0, 0.05) is 6.04 Å². The van der Waals surface area contributed by atoms with Crippen LogP contribution in [0.25, 0.3) is 0 Å². The molecule has 1 aliphatic heterocycles. The zero-order chi connectivity index (χ0) is 13.9. The molecule has 1 saturated heterocycles. The first-order valence-corrected chi connectivity index (χ1v) is 6.50. The molecule has 1 fully saturated rings. The quantitative estimate of drug-likeness (QED) is 0.916. The molecule has 0 unspecified atom stereocenters. The first-order chi connectivity index (χ1) is 8.92. The molecule has 108 valence electrons. The maximum atomic E-state index is 12.2. The third-order valence-electron chi connectivity index (χ3n) is 3.35. The summed E-state index contributed by atoms with van der Waals surface area (Å²) in [4.78, 5) is 1.47.